The summed E-state index contributed by atoms with van der Waals surface area (Å²) in [6.07, 6.45) is 0. The zero-order chi connectivity index (χ0) is 11.3. The van der Waals surface area contributed by atoms with Crippen molar-refractivity contribution in [3.8, 4) is 11.8 Å². The van der Waals surface area contributed by atoms with Crippen molar-refractivity contribution in [3.05, 3.63) is 29.3 Å². The van der Waals surface area contributed by atoms with Crippen LogP contribution in [-0.2, 0) is 4.79 Å². The highest BCUT2D eigenvalue weighted by atomic mass is 16.1. The van der Waals surface area contributed by atoms with Crippen molar-refractivity contribution in [2.24, 2.45) is 5.73 Å². The van der Waals surface area contributed by atoms with Crippen LogP contribution in [0, 0.1) is 18.8 Å². The van der Waals surface area contributed by atoms with Gasteiger partial charge in [0.15, 0.2) is 0 Å². The summed E-state index contributed by atoms with van der Waals surface area (Å²) in [5.74, 6) is 5.58. The number of aryl methyl sites for hydroxylation is 1. The number of benzene rings is 1. The second kappa shape index (κ2) is 5.18. The van der Waals surface area contributed by atoms with Gasteiger partial charge in [-0.3, -0.25) is 4.79 Å². The molecule has 0 fully saturated rings. The Morgan fingerprint density at radius 1 is 1.53 bits per heavy atom. The molecule has 0 aromatic heterocycles. The predicted octanol–water partition coefficient (Wildman–Crippen LogP) is 1.26. The van der Waals surface area contributed by atoms with E-state index in [1.807, 2.05) is 25.1 Å². The van der Waals surface area contributed by atoms with Crippen molar-refractivity contribution in [1.29, 1.82) is 0 Å². The quantitative estimate of drug-likeness (QED) is 0.674. The Bertz CT molecular complexity index is 427. The minimum absolute atomic E-state index is 0.101. The van der Waals surface area contributed by atoms with Crippen LogP contribution < -0.4 is 11.1 Å². The van der Waals surface area contributed by atoms with Gasteiger partial charge in [-0.05, 0) is 24.6 Å². The van der Waals surface area contributed by atoms with E-state index in [2.05, 4.69) is 17.2 Å². The predicted molar refractivity (Wildman–Crippen MR) is 61.4 cm³/mol. The fourth-order valence-electron chi connectivity index (χ4n) is 1.21. The Balaban J connectivity index is 3.08. The first-order chi connectivity index (χ1) is 7.13. The lowest BCUT2D eigenvalue weighted by molar-refractivity contribution is -0.114. The molecule has 0 aliphatic rings. The lowest BCUT2D eigenvalue weighted by Gasteiger charge is -2.06. The van der Waals surface area contributed by atoms with Crippen LogP contribution in [0.4, 0.5) is 5.69 Å². The summed E-state index contributed by atoms with van der Waals surface area (Å²) in [5, 5.41) is 2.74. The molecule has 78 valence electrons. The Hall–Kier alpha value is -1.79. The highest BCUT2D eigenvalue weighted by Crippen LogP contribution is 2.16. The molecule has 3 nitrogen and oxygen atoms in total. The number of nitrogens with one attached hydrogen (secondary N) is 1. The number of carbonyl (C=O) groups is 1. The van der Waals surface area contributed by atoms with Crippen molar-refractivity contribution in [3.63, 3.8) is 0 Å². The summed E-state index contributed by atoms with van der Waals surface area (Å²) in [5.41, 5.74) is 7.91. The topological polar surface area (TPSA) is 55.1 Å². The van der Waals surface area contributed by atoms with Crippen molar-refractivity contribution in [2.75, 3.05) is 11.9 Å². The standard InChI is InChI=1S/C12H14N2O/c1-9-5-6-11(4-3-7-13)12(8-9)14-10(2)15/h5-6,8H,7,13H2,1-2H3,(H,14,15). The molecule has 0 heterocycles. The highest BCUT2D eigenvalue weighted by Gasteiger charge is 2.01. The van der Waals surface area contributed by atoms with E-state index in [-0.39, 0.29) is 5.91 Å². The van der Waals surface area contributed by atoms with E-state index in [4.69, 9.17) is 5.73 Å². The van der Waals surface area contributed by atoms with Gasteiger partial charge in [0.2, 0.25) is 5.91 Å². The third kappa shape index (κ3) is 3.45. The third-order valence-electron chi connectivity index (χ3n) is 1.81. The number of amides is 1. The molecule has 1 amide bonds. The zero-order valence-electron chi connectivity index (χ0n) is 8.92. The first-order valence-corrected chi connectivity index (χ1v) is 4.70. The smallest absolute Gasteiger partial charge is 0.221 e. The molecule has 15 heavy (non-hydrogen) atoms. The van der Waals surface area contributed by atoms with E-state index < -0.39 is 0 Å². The molecule has 1 aromatic carbocycles. The van der Waals surface area contributed by atoms with Crippen LogP contribution >= 0.6 is 0 Å². The Kier molecular flexibility index (Phi) is 3.90. The van der Waals surface area contributed by atoms with Gasteiger partial charge in [-0.15, -0.1) is 0 Å². The Labute approximate surface area is 89.7 Å². The fourth-order valence-corrected chi connectivity index (χ4v) is 1.21. The first-order valence-electron chi connectivity index (χ1n) is 4.70. The van der Waals surface area contributed by atoms with Gasteiger partial charge >= 0.3 is 0 Å². The number of hydrogen-bond acceptors (Lipinski definition) is 2. The maximum absolute atomic E-state index is 11.0. The van der Waals surface area contributed by atoms with Gasteiger partial charge in [0, 0.05) is 12.5 Å². The molecule has 0 unspecified atom stereocenters. The van der Waals surface area contributed by atoms with Crippen LogP contribution in [0.15, 0.2) is 18.2 Å². The molecule has 0 aliphatic carbocycles. The first kappa shape index (κ1) is 11.3. The van der Waals surface area contributed by atoms with Gasteiger partial charge in [0.05, 0.1) is 12.2 Å². The minimum Gasteiger partial charge on any atom is -0.325 e. The second-order valence-corrected chi connectivity index (χ2v) is 3.24. The number of nitrogens with two attached hydrogens (primary N) is 1. The van der Waals surface area contributed by atoms with E-state index in [0.29, 0.717) is 6.54 Å². The molecule has 0 aliphatic heterocycles. The van der Waals surface area contributed by atoms with Crippen LogP contribution in [0.1, 0.15) is 18.1 Å². The molecular formula is C12H14N2O. The minimum atomic E-state index is -0.101. The maximum atomic E-state index is 11.0. The van der Waals surface area contributed by atoms with Gasteiger partial charge in [-0.2, -0.15) is 0 Å². The number of carbonyl (C=O) groups excluding carboxylic acids is 1. The van der Waals surface area contributed by atoms with E-state index in [1.165, 1.54) is 6.92 Å². The van der Waals surface area contributed by atoms with E-state index in [1.54, 1.807) is 0 Å². The number of rotatable bonds is 1. The van der Waals surface area contributed by atoms with Gasteiger partial charge < -0.3 is 11.1 Å². The third-order valence-corrected chi connectivity index (χ3v) is 1.81. The summed E-state index contributed by atoms with van der Waals surface area (Å²) >= 11 is 0. The van der Waals surface area contributed by atoms with Crippen molar-refractivity contribution >= 4 is 11.6 Å². The van der Waals surface area contributed by atoms with Crippen LogP contribution in [0.2, 0.25) is 0 Å². The lowest BCUT2D eigenvalue weighted by Crippen LogP contribution is -2.07. The Morgan fingerprint density at radius 3 is 2.87 bits per heavy atom. The second-order valence-electron chi connectivity index (χ2n) is 3.24. The van der Waals surface area contributed by atoms with Crippen LogP contribution in [0.3, 0.4) is 0 Å². The summed E-state index contributed by atoms with van der Waals surface area (Å²) in [4.78, 5) is 11.0. The van der Waals surface area contributed by atoms with Crippen molar-refractivity contribution < 1.29 is 4.79 Å². The SMILES string of the molecule is CC(=O)Nc1cc(C)ccc1C#CCN. The van der Waals surface area contributed by atoms with E-state index >= 15 is 0 Å². The molecule has 0 atom stereocenters. The van der Waals surface area contributed by atoms with E-state index in [0.717, 1.165) is 16.8 Å². The molecule has 0 saturated carbocycles. The molecule has 1 aromatic rings. The summed E-state index contributed by atoms with van der Waals surface area (Å²) in [6.45, 7) is 3.75. The highest BCUT2D eigenvalue weighted by molar-refractivity contribution is 5.90. The van der Waals surface area contributed by atoms with Crippen molar-refractivity contribution in [2.45, 2.75) is 13.8 Å². The van der Waals surface area contributed by atoms with Gasteiger partial charge in [0.25, 0.3) is 0 Å². The van der Waals surface area contributed by atoms with Gasteiger partial charge in [-0.1, -0.05) is 17.9 Å². The number of anilines is 1. The molecular weight excluding hydrogens is 188 g/mol. The van der Waals surface area contributed by atoms with E-state index in [9.17, 15) is 4.79 Å². The maximum Gasteiger partial charge on any atom is 0.221 e. The van der Waals surface area contributed by atoms with Crippen molar-refractivity contribution in [1.82, 2.24) is 0 Å². The Morgan fingerprint density at radius 2 is 2.27 bits per heavy atom. The summed E-state index contributed by atoms with van der Waals surface area (Å²) in [7, 11) is 0. The van der Waals surface area contributed by atoms with Crippen LogP contribution in [0.5, 0.6) is 0 Å². The number of hydrogen-bond donors (Lipinski definition) is 2. The monoisotopic (exact) mass is 202 g/mol. The normalized spacial score (nSPS) is 9.00. The van der Waals surface area contributed by atoms with Gasteiger partial charge in [-0.25, -0.2) is 0 Å². The lowest BCUT2D eigenvalue weighted by atomic mass is 10.1. The molecule has 3 heteroatoms. The van der Waals surface area contributed by atoms with Crippen LogP contribution in [0.25, 0.3) is 0 Å². The van der Waals surface area contributed by atoms with Gasteiger partial charge in [0.1, 0.15) is 0 Å². The molecule has 3 N–H and O–H groups in total. The average molecular weight is 202 g/mol. The average Bonchev–Trinajstić information content (AvgIpc) is 2.16. The zero-order valence-corrected chi connectivity index (χ0v) is 8.92. The molecule has 0 bridgehead atoms. The molecule has 1 rings (SSSR count). The molecule has 0 spiro atoms. The largest absolute Gasteiger partial charge is 0.325 e. The fraction of sp³-hybridized carbons (Fsp3) is 0.250. The molecule has 0 saturated heterocycles. The molecule has 0 radical (unpaired) electrons. The van der Waals surface area contributed by atoms with Crippen LogP contribution in [-0.4, -0.2) is 12.5 Å². The summed E-state index contributed by atoms with van der Waals surface area (Å²) < 4.78 is 0. The summed E-state index contributed by atoms with van der Waals surface area (Å²) in [6, 6.07) is 5.72.